The predicted molar refractivity (Wildman–Crippen MR) is 126 cm³/mol. The first kappa shape index (κ1) is 22.9. The van der Waals surface area contributed by atoms with Crippen molar-refractivity contribution in [3.8, 4) is 16.9 Å². The molecule has 8 heteroatoms. The number of benzene rings is 1. The topological polar surface area (TPSA) is 76.9 Å². The Balaban J connectivity index is 1.63. The smallest absolute Gasteiger partial charge is 0.201 e. The maximum absolute atomic E-state index is 14.8. The van der Waals surface area contributed by atoms with Gasteiger partial charge in [0.25, 0.3) is 0 Å². The molecule has 174 valence electrons. The Morgan fingerprint density at radius 3 is 2.73 bits per heavy atom. The molecule has 1 fully saturated rings. The van der Waals surface area contributed by atoms with Gasteiger partial charge >= 0.3 is 0 Å². The number of imidazole rings is 1. The number of allylic oxidation sites excluding steroid dienone is 1. The summed E-state index contributed by atoms with van der Waals surface area (Å²) in [5.41, 5.74) is 11.2. The van der Waals surface area contributed by atoms with E-state index in [0.717, 1.165) is 28.7 Å². The number of nitrogens with one attached hydrogen (secondary N) is 1. The summed E-state index contributed by atoms with van der Waals surface area (Å²) in [6.45, 7) is 4.47. The minimum absolute atomic E-state index is 0.118. The molecule has 3 aromatic rings. The monoisotopic (exact) mass is 453 g/mol. The molecule has 0 radical (unpaired) electrons. The molecular weight excluding hydrogens is 424 g/mol. The number of rotatable bonds is 9. The molecule has 1 saturated carbocycles. The number of fused-ring (bicyclic) bond motifs is 1. The van der Waals surface area contributed by atoms with Crippen LogP contribution in [0.4, 0.5) is 8.78 Å². The van der Waals surface area contributed by atoms with Crippen molar-refractivity contribution in [3.63, 3.8) is 0 Å². The van der Waals surface area contributed by atoms with E-state index in [0.29, 0.717) is 35.8 Å². The van der Waals surface area contributed by atoms with E-state index < -0.39 is 11.6 Å². The largest absolute Gasteiger partial charge is 0.489 e. The molecule has 2 aromatic heterocycles. The van der Waals surface area contributed by atoms with E-state index >= 15 is 0 Å². The van der Waals surface area contributed by atoms with Gasteiger partial charge in [-0.05, 0) is 56.5 Å². The lowest BCUT2D eigenvalue weighted by Crippen LogP contribution is -2.16. The van der Waals surface area contributed by atoms with E-state index in [9.17, 15) is 8.78 Å². The fraction of sp³-hybridized carbons (Fsp3) is 0.360. The normalized spacial score (nSPS) is 15.1. The van der Waals surface area contributed by atoms with Gasteiger partial charge in [0.15, 0.2) is 11.6 Å². The Morgan fingerprint density at radius 1 is 1.24 bits per heavy atom. The van der Waals surface area contributed by atoms with E-state index in [-0.39, 0.29) is 12.4 Å². The summed E-state index contributed by atoms with van der Waals surface area (Å²) < 4.78 is 36.7. The van der Waals surface area contributed by atoms with Crippen molar-refractivity contribution in [1.82, 2.24) is 14.7 Å². The Kier molecular flexibility index (Phi) is 6.74. The number of hydrogen-bond acceptors (Lipinski definition) is 5. The lowest BCUT2D eigenvalue weighted by atomic mass is 10.1. The summed E-state index contributed by atoms with van der Waals surface area (Å²) in [5.74, 6) is -2.08. The molecule has 0 unspecified atom stereocenters. The van der Waals surface area contributed by atoms with Crippen LogP contribution in [0.3, 0.4) is 0 Å². The van der Waals surface area contributed by atoms with E-state index in [4.69, 9.17) is 10.5 Å². The van der Waals surface area contributed by atoms with Crippen molar-refractivity contribution in [3.05, 3.63) is 65.3 Å². The summed E-state index contributed by atoms with van der Waals surface area (Å²) in [6, 6.07) is 6.93. The van der Waals surface area contributed by atoms with Crippen LogP contribution in [0, 0.1) is 11.6 Å². The molecule has 0 atom stereocenters. The highest BCUT2D eigenvalue weighted by molar-refractivity contribution is 5.98. The quantitative estimate of drug-likeness (QED) is 0.464. The number of pyridine rings is 1. The van der Waals surface area contributed by atoms with Gasteiger partial charge in [-0.3, -0.25) is 4.99 Å². The van der Waals surface area contributed by atoms with Crippen molar-refractivity contribution < 1.29 is 13.5 Å². The molecular formula is C25H29F2N5O. The summed E-state index contributed by atoms with van der Waals surface area (Å²) in [4.78, 5) is 8.62. The van der Waals surface area contributed by atoms with Gasteiger partial charge in [0.2, 0.25) is 5.82 Å². The highest BCUT2D eigenvalue weighted by Crippen LogP contribution is 2.34. The SMILES string of the molecule is CN=C(C)/C(CCOc1c(-c2ccc3ncc(CNC4CC4)n3c2)ccc(F)c1F)=C(/C)N. The molecule has 1 aliphatic carbocycles. The fourth-order valence-electron chi connectivity index (χ4n) is 3.81. The zero-order valence-electron chi connectivity index (χ0n) is 19.2. The standard InChI is InChI=1S/C25H29F2N5O/c1-15(28)20(16(2)29-3)10-11-33-25-21(7-8-22(26)24(25)27)17-4-9-23-31-13-19(32(23)14-17)12-30-18-5-6-18/h4,7-9,13-14,18,30H,5-6,10-12,28H2,1-3H3/b20-15-,29-16?. The highest BCUT2D eigenvalue weighted by atomic mass is 19.2. The number of halogens is 2. The van der Waals surface area contributed by atoms with Gasteiger partial charge in [-0.15, -0.1) is 0 Å². The van der Waals surface area contributed by atoms with Crippen LogP contribution >= 0.6 is 0 Å². The number of aliphatic imine (C=N–C) groups is 1. The van der Waals surface area contributed by atoms with Crippen molar-refractivity contribution >= 4 is 11.4 Å². The van der Waals surface area contributed by atoms with Crippen molar-refractivity contribution in [2.75, 3.05) is 13.7 Å². The Hall–Kier alpha value is -3.26. The van der Waals surface area contributed by atoms with Gasteiger partial charge in [0.05, 0.1) is 18.5 Å². The number of nitrogens with two attached hydrogens (primary N) is 1. The molecule has 2 heterocycles. The van der Waals surface area contributed by atoms with Crippen LogP contribution < -0.4 is 15.8 Å². The molecule has 0 spiro atoms. The molecule has 0 amide bonds. The molecule has 1 aliphatic rings. The number of aromatic nitrogens is 2. The van der Waals surface area contributed by atoms with Crippen LogP contribution in [0.25, 0.3) is 16.8 Å². The molecule has 0 saturated heterocycles. The van der Waals surface area contributed by atoms with Crippen LogP contribution in [-0.4, -0.2) is 34.8 Å². The van der Waals surface area contributed by atoms with Crippen LogP contribution in [-0.2, 0) is 6.54 Å². The van der Waals surface area contributed by atoms with E-state index in [1.54, 1.807) is 14.0 Å². The van der Waals surface area contributed by atoms with Crippen molar-refractivity contribution in [2.45, 2.75) is 45.7 Å². The number of ether oxygens (including phenoxy) is 1. The summed E-state index contributed by atoms with van der Waals surface area (Å²) in [5, 5.41) is 3.48. The summed E-state index contributed by atoms with van der Waals surface area (Å²) in [7, 11) is 1.68. The van der Waals surface area contributed by atoms with E-state index in [1.807, 2.05) is 35.9 Å². The summed E-state index contributed by atoms with van der Waals surface area (Å²) in [6.07, 6.45) is 6.54. The molecule has 3 N–H and O–H groups in total. The Morgan fingerprint density at radius 2 is 2.03 bits per heavy atom. The van der Waals surface area contributed by atoms with E-state index in [1.165, 1.54) is 18.9 Å². The lowest BCUT2D eigenvalue weighted by Gasteiger charge is -2.15. The minimum Gasteiger partial charge on any atom is -0.489 e. The van der Waals surface area contributed by atoms with Crippen LogP contribution in [0.15, 0.2) is 52.9 Å². The summed E-state index contributed by atoms with van der Waals surface area (Å²) >= 11 is 0. The number of hydrogen-bond donors (Lipinski definition) is 2. The molecule has 4 rings (SSSR count). The average molecular weight is 454 g/mol. The third-order valence-electron chi connectivity index (χ3n) is 5.94. The van der Waals surface area contributed by atoms with Gasteiger partial charge in [-0.1, -0.05) is 0 Å². The maximum Gasteiger partial charge on any atom is 0.201 e. The first-order chi connectivity index (χ1) is 15.9. The average Bonchev–Trinajstić information content (AvgIpc) is 3.55. The first-order valence-electron chi connectivity index (χ1n) is 11.1. The Bertz CT molecular complexity index is 1220. The zero-order chi connectivity index (χ0) is 23.5. The molecule has 1 aromatic carbocycles. The van der Waals surface area contributed by atoms with Crippen LogP contribution in [0.2, 0.25) is 0 Å². The maximum atomic E-state index is 14.8. The molecule has 33 heavy (non-hydrogen) atoms. The highest BCUT2D eigenvalue weighted by Gasteiger charge is 2.21. The second-order valence-electron chi connectivity index (χ2n) is 8.36. The van der Waals surface area contributed by atoms with Gasteiger partial charge in [0.1, 0.15) is 5.65 Å². The second kappa shape index (κ2) is 9.70. The minimum atomic E-state index is -1.01. The van der Waals surface area contributed by atoms with Gasteiger partial charge in [0, 0.05) is 54.8 Å². The van der Waals surface area contributed by atoms with Crippen molar-refractivity contribution in [2.24, 2.45) is 10.7 Å². The molecule has 0 aliphatic heterocycles. The van der Waals surface area contributed by atoms with Crippen molar-refractivity contribution in [1.29, 1.82) is 0 Å². The Labute approximate surface area is 192 Å². The van der Waals surface area contributed by atoms with Crippen LogP contribution in [0.5, 0.6) is 5.75 Å². The molecule has 6 nitrogen and oxygen atoms in total. The van der Waals surface area contributed by atoms with Gasteiger partial charge in [-0.25, -0.2) is 9.37 Å². The fourth-order valence-corrected chi connectivity index (χ4v) is 3.81. The molecule has 0 bridgehead atoms. The first-order valence-corrected chi connectivity index (χ1v) is 11.1. The second-order valence-corrected chi connectivity index (χ2v) is 8.36. The third-order valence-corrected chi connectivity index (χ3v) is 5.94. The van der Waals surface area contributed by atoms with Gasteiger partial charge in [-0.2, -0.15) is 4.39 Å². The zero-order valence-corrected chi connectivity index (χ0v) is 19.2. The van der Waals surface area contributed by atoms with Gasteiger partial charge < -0.3 is 20.2 Å². The lowest BCUT2D eigenvalue weighted by molar-refractivity contribution is 0.301. The van der Waals surface area contributed by atoms with Crippen LogP contribution in [0.1, 0.15) is 38.8 Å². The van der Waals surface area contributed by atoms with E-state index in [2.05, 4.69) is 15.3 Å². The predicted octanol–water partition coefficient (Wildman–Crippen LogP) is 4.62. The third kappa shape index (κ3) is 5.06. The number of nitrogens with zero attached hydrogens (tertiary/aromatic N) is 3.